The Kier molecular flexibility index (Phi) is 5.51. The van der Waals surface area contributed by atoms with Crippen LogP contribution in [0.4, 0.5) is 0 Å². The maximum absolute atomic E-state index is 11.9. The molecule has 1 amide bonds. The van der Waals surface area contributed by atoms with Gasteiger partial charge in [0, 0.05) is 17.0 Å². The van der Waals surface area contributed by atoms with Gasteiger partial charge in [-0.1, -0.05) is 37.6 Å². The maximum atomic E-state index is 11.9. The van der Waals surface area contributed by atoms with Gasteiger partial charge in [0.2, 0.25) is 5.91 Å². The number of amides is 1. The summed E-state index contributed by atoms with van der Waals surface area (Å²) in [5, 5.41) is 3.96. The molecule has 1 N–H and O–H groups in total. The molecule has 0 saturated heterocycles. The number of aromatic nitrogens is 1. The van der Waals surface area contributed by atoms with Crippen LogP contribution < -0.4 is 5.32 Å². The topological polar surface area (TPSA) is 42.0 Å². The smallest absolute Gasteiger partial charge is 0.225 e. The van der Waals surface area contributed by atoms with Crippen molar-refractivity contribution in [2.24, 2.45) is 0 Å². The van der Waals surface area contributed by atoms with Crippen LogP contribution in [0.15, 0.2) is 24.3 Å². The second-order valence-corrected chi connectivity index (χ2v) is 6.31. The summed E-state index contributed by atoms with van der Waals surface area (Å²) in [5.41, 5.74) is 3.33. The van der Waals surface area contributed by atoms with Crippen molar-refractivity contribution in [3.63, 3.8) is 0 Å². The molecule has 21 heavy (non-hydrogen) atoms. The van der Waals surface area contributed by atoms with Gasteiger partial charge in [0.05, 0.1) is 12.1 Å². The van der Waals surface area contributed by atoms with E-state index >= 15 is 0 Å². The molecule has 1 aromatic carbocycles. The largest absolute Gasteiger partial charge is 0.356 e. The van der Waals surface area contributed by atoms with E-state index in [1.165, 1.54) is 5.56 Å². The summed E-state index contributed by atoms with van der Waals surface area (Å²) in [5.74, 6) is 0.0894. The fraction of sp³-hybridized carbons (Fsp3) is 0.412. The van der Waals surface area contributed by atoms with Crippen LogP contribution in [0.5, 0.6) is 0 Å². The Morgan fingerprint density at radius 1 is 1.29 bits per heavy atom. The van der Waals surface area contributed by atoms with E-state index in [-0.39, 0.29) is 5.91 Å². The van der Waals surface area contributed by atoms with Crippen molar-refractivity contribution in [2.75, 3.05) is 6.54 Å². The standard InChI is InChI=1S/C17H22N2OS/c1-4-5-10-18-16(20)11-15-13(3)19-17(21-15)14-9-7-6-8-12(14)2/h6-9H,4-5,10-11H2,1-3H3,(H,18,20). The van der Waals surface area contributed by atoms with E-state index in [0.29, 0.717) is 6.42 Å². The van der Waals surface area contributed by atoms with Crippen molar-refractivity contribution < 1.29 is 4.79 Å². The number of unbranched alkanes of at least 4 members (excludes halogenated alkanes) is 1. The number of hydrogen-bond acceptors (Lipinski definition) is 3. The number of aryl methyl sites for hydroxylation is 2. The lowest BCUT2D eigenvalue weighted by Gasteiger charge is -2.03. The molecular formula is C17H22N2OS. The van der Waals surface area contributed by atoms with Crippen LogP contribution in [-0.2, 0) is 11.2 Å². The molecule has 0 atom stereocenters. The summed E-state index contributed by atoms with van der Waals surface area (Å²) in [7, 11) is 0. The third-order valence-corrected chi connectivity index (χ3v) is 4.63. The average Bonchev–Trinajstić information content (AvgIpc) is 2.80. The van der Waals surface area contributed by atoms with E-state index < -0.39 is 0 Å². The Labute approximate surface area is 130 Å². The number of hydrogen-bond donors (Lipinski definition) is 1. The Hall–Kier alpha value is -1.68. The van der Waals surface area contributed by atoms with Crippen LogP contribution >= 0.6 is 11.3 Å². The molecule has 1 heterocycles. The second-order valence-electron chi connectivity index (χ2n) is 5.22. The minimum atomic E-state index is 0.0894. The molecule has 0 aliphatic carbocycles. The molecule has 2 aromatic rings. The van der Waals surface area contributed by atoms with Gasteiger partial charge in [0.1, 0.15) is 5.01 Å². The second kappa shape index (κ2) is 7.36. The zero-order valence-corrected chi connectivity index (χ0v) is 13.7. The van der Waals surface area contributed by atoms with Gasteiger partial charge >= 0.3 is 0 Å². The highest BCUT2D eigenvalue weighted by Gasteiger charge is 2.13. The molecule has 0 spiro atoms. The van der Waals surface area contributed by atoms with Gasteiger partial charge in [-0.15, -0.1) is 11.3 Å². The van der Waals surface area contributed by atoms with E-state index in [1.807, 2.05) is 19.1 Å². The molecule has 0 unspecified atom stereocenters. The summed E-state index contributed by atoms with van der Waals surface area (Å²) in [6.45, 7) is 6.95. The number of benzene rings is 1. The Bertz CT molecular complexity index is 619. The fourth-order valence-electron chi connectivity index (χ4n) is 2.13. The lowest BCUT2D eigenvalue weighted by Crippen LogP contribution is -2.25. The first-order valence-corrected chi connectivity index (χ1v) is 8.22. The first-order valence-electron chi connectivity index (χ1n) is 7.40. The maximum Gasteiger partial charge on any atom is 0.225 e. The van der Waals surface area contributed by atoms with Gasteiger partial charge in [-0.25, -0.2) is 4.98 Å². The molecule has 0 bridgehead atoms. The first kappa shape index (κ1) is 15.7. The van der Waals surface area contributed by atoms with Crippen molar-refractivity contribution in [3.05, 3.63) is 40.4 Å². The number of thiazole rings is 1. The lowest BCUT2D eigenvalue weighted by atomic mass is 10.1. The van der Waals surface area contributed by atoms with E-state index in [1.54, 1.807) is 11.3 Å². The zero-order chi connectivity index (χ0) is 15.2. The number of rotatable bonds is 6. The number of carbonyl (C=O) groups excluding carboxylic acids is 1. The highest BCUT2D eigenvalue weighted by Crippen LogP contribution is 2.30. The molecule has 4 heteroatoms. The van der Waals surface area contributed by atoms with E-state index in [0.717, 1.165) is 40.5 Å². The molecule has 0 radical (unpaired) electrons. The SMILES string of the molecule is CCCCNC(=O)Cc1sc(-c2ccccc2C)nc1C. The molecule has 0 saturated carbocycles. The van der Waals surface area contributed by atoms with Crippen LogP contribution in [0.1, 0.15) is 35.9 Å². The predicted molar refractivity (Wildman–Crippen MR) is 88.6 cm³/mol. The molecule has 0 fully saturated rings. The first-order chi connectivity index (χ1) is 10.1. The van der Waals surface area contributed by atoms with Crippen molar-refractivity contribution >= 4 is 17.2 Å². The minimum Gasteiger partial charge on any atom is -0.356 e. The Morgan fingerprint density at radius 3 is 2.76 bits per heavy atom. The van der Waals surface area contributed by atoms with E-state index in [2.05, 4.69) is 36.3 Å². The summed E-state index contributed by atoms with van der Waals surface area (Å²) in [6.07, 6.45) is 2.55. The molecule has 3 nitrogen and oxygen atoms in total. The predicted octanol–water partition coefficient (Wildman–Crippen LogP) is 3.89. The van der Waals surface area contributed by atoms with Gasteiger partial charge in [-0.2, -0.15) is 0 Å². The quantitative estimate of drug-likeness (QED) is 0.823. The average molecular weight is 302 g/mol. The van der Waals surface area contributed by atoms with E-state index in [9.17, 15) is 4.79 Å². The molecular weight excluding hydrogens is 280 g/mol. The lowest BCUT2D eigenvalue weighted by molar-refractivity contribution is -0.120. The molecule has 0 aliphatic rings. The van der Waals surface area contributed by atoms with Gasteiger partial charge < -0.3 is 5.32 Å². The highest BCUT2D eigenvalue weighted by molar-refractivity contribution is 7.15. The third-order valence-electron chi connectivity index (χ3n) is 3.44. The van der Waals surface area contributed by atoms with Gasteiger partial charge in [0.25, 0.3) is 0 Å². The van der Waals surface area contributed by atoms with E-state index in [4.69, 9.17) is 0 Å². The van der Waals surface area contributed by atoms with Crippen LogP contribution in [0.2, 0.25) is 0 Å². The summed E-state index contributed by atoms with van der Waals surface area (Å²) < 4.78 is 0. The van der Waals surface area contributed by atoms with Crippen LogP contribution in [0.25, 0.3) is 10.6 Å². The highest BCUT2D eigenvalue weighted by atomic mass is 32.1. The fourth-order valence-corrected chi connectivity index (χ4v) is 3.28. The molecule has 112 valence electrons. The number of nitrogens with zero attached hydrogens (tertiary/aromatic N) is 1. The monoisotopic (exact) mass is 302 g/mol. The minimum absolute atomic E-state index is 0.0894. The van der Waals surface area contributed by atoms with Crippen molar-refractivity contribution in [1.82, 2.24) is 10.3 Å². The molecule has 0 aliphatic heterocycles. The third kappa shape index (κ3) is 4.14. The summed E-state index contributed by atoms with van der Waals surface area (Å²) in [6, 6.07) is 8.22. The molecule has 2 rings (SSSR count). The molecule has 1 aromatic heterocycles. The number of nitrogens with one attached hydrogen (secondary N) is 1. The van der Waals surface area contributed by atoms with Crippen LogP contribution in [-0.4, -0.2) is 17.4 Å². The van der Waals surface area contributed by atoms with Crippen LogP contribution in [0.3, 0.4) is 0 Å². The summed E-state index contributed by atoms with van der Waals surface area (Å²) in [4.78, 5) is 17.6. The van der Waals surface area contributed by atoms with Crippen LogP contribution in [0, 0.1) is 13.8 Å². The zero-order valence-electron chi connectivity index (χ0n) is 12.9. The van der Waals surface area contributed by atoms with Crippen molar-refractivity contribution in [3.8, 4) is 10.6 Å². The van der Waals surface area contributed by atoms with Gasteiger partial charge in [-0.05, 0) is 25.8 Å². The Balaban J connectivity index is 2.09. The number of carbonyl (C=O) groups is 1. The Morgan fingerprint density at radius 2 is 2.05 bits per heavy atom. The van der Waals surface area contributed by atoms with Crippen molar-refractivity contribution in [2.45, 2.75) is 40.0 Å². The van der Waals surface area contributed by atoms with Crippen molar-refractivity contribution in [1.29, 1.82) is 0 Å². The summed E-state index contributed by atoms with van der Waals surface area (Å²) >= 11 is 1.62. The van der Waals surface area contributed by atoms with Gasteiger partial charge in [-0.3, -0.25) is 4.79 Å². The van der Waals surface area contributed by atoms with Gasteiger partial charge in [0.15, 0.2) is 0 Å². The normalized spacial score (nSPS) is 10.6.